The van der Waals surface area contributed by atoms with Crippen molar-refractivity contribution >= 4 is 0 Å². The Labute approximate surface area is 121 Å². The van der Waals surface area contributed by atoms with E-state index >= 15 is 0 Å². The normalized spacial score (nSPS) is 26.2. The van der Waals surface area contributed by atoms with Crippen molar-refractivity contribution in [2.24, 2.45) is 0 Å². The van der Waals surface area contributed by atoms with Gasteiger partial charge in [0.05, 0.1) is 6.04 Å². The van der Waals surface area contributed by atoms with E-state index in [2.05, 4.69) is 34.2 Å². The van der Waals surface area contributed by atoms with Gasteiger partial charge in [0.1, 0.15) is 0 Å². The van der Waals surface area contributed by atoms with Crippen LogP contribution < -0.4 is 5.32 Å². The zero-order valence-corrected chi connectivity index (χ0v) is 12.6. The summed E-state index contributed by atoms with van der Waals surface area (Å²) in [6, 6.07) is 0.920. The molecule has 0 amide bonds. The third-order valence-electron chi connectivity index (χ3n) is 4.69. The molecule has 112 valence electrons. The molecule has 0 bridgehead atoms. The van der Waals surface area contributed by atoms with Crippen LogP contribution in [0, 0.1) is 0 Å². The first kappa shape index (κ1) is 14.0. The molecule has 2 aliphatic rings. The maximum absolute atomic E-state index is 5.49. The topological polar surface area (TPSA) is 54.2 Å². The van der Waals surface area contributed by atoms with Gasteiger partial charge in [-0.2, -0.15) is 4.98 Å². The van der Waals surface area contributed by atoms with Gasteiger partial charge >= 0.3 is 0 Å². The number of likely N-dealkylation sites (tertiary alicyclic amines) is 1. The SMILES string of the molecule is CC(C)N1CCC(c2noc(C3CCCCN3)n2)CC1. The van der Waals surface area contributed by atoms with Crippen LogP contribution in [0.3, 0.4) is 0 Å². The van der Waals surface area contributed by atoms with Crippen LogP contribution in [0.2, 0.25) is 0 Å². The number of aromatic nitrogens is 2. The smallest absolute Gasteiger partial charge is 0.243 e. The van der Waals surface area contributed by atoms with Gasteiger partial charge in [0.25, 0.3) is 0 Å². The molecule has 0 saturated carbocycles. The van der Waals surface area contributed by atoms with E-state index < -0.39 is 0 Å². The van der Waals surface area contributed by atoms with Crippen molar-refractivity contribution in [2.75, 3.05) is 19.6 Å². The molecule has 0 aromatic carbocycles. The highest BCUT2D eigenvalue weighted by Gasteiger charge is 2.27. The molecule has 1 atom stereocenters. The minimum atomic E-state index is 0.278. The van der Waals surface area contributed by atoms with Crippen molar-refractivity contribution in [1.29, 1.82) is 0 Å². The highest BCUT2D eigenvalue weighted by molar-refractivity contribution is 5.01. The van der Waals surface area contributed by atoms with Gasteiger partial charge in [-0.1, -0.05) is 11.6 Å². The number of nitrogens with one attached hydrogen (secondary N) is 1. The zero-order chi connectivity index (χ0) is 13.9. The summed E-state index contributed by atoms with van der Waals surface area (Å²) < 4.78 is 5.49. The predicted octanol–water partition coefficient (Wildman–Crippen LogP) is 2.47. The second kappa shape index (κ2) is 6.22. The van der Waals surface area contributed by atoms with Gasteiger partial charge in [-0.05, 0) is 59.2 Å². The van der Waals surface area contributed by atoms with Gasteiger partial charge in [0, 0.05) is 12.0 Å². The fourth-order valence-electron chi connectivity index (χ4n) is 3.29. The van der Waals surface area contributed by atoms with E-state index in [0.717, 1.165) is 50.6 Å². The van der Waals surface area contributed by atoms with Crippen LogP contribution in [-0.4, -0.2) is 40.7 Å². The second-order valence-corrected chi connectivity index (χ2v) is 6.40. The molecule has 20 heavy (non-hydrogen) atoms. The molecule has 0 aliphatic carbocycles. The number of hydrogen-bond acceptors (Lipinski definition) is 5. The maximum atomic E-state index is 5.49. The van der Waals surface area contributed by atoms with E-state index in [1.54, 1.807) is 0 Å². The Morgan fingerprint density at radius 1 is 1.20 bits per heavy atom. The Morgan fingerprint density at radius 2 is 2.00 bits per heavy atom. The molecule has 3 heterocycles. The lowest BCUT2D eigenvalue weighted by Crippen LogP contribution is -2.38. The molecule has 5 nitrogen and oxygen atoms in total. The van der Waals surface area contributed by atoms with E-state index in [-0.39, 0.29) is 6.04 Å². The fraction of sp³-hybridized carbons (Fsp3) is 0.867. The van der Waals surface area contributed by atoms with Crippen molar-refractivity contribution in [3.63, 3.8) is 0 Å². The van der Waals surface area contributed by atoms with Gasteiger partial charge in [0.15, 0.2) is 5.82 Å². The van der Waals surface area contributed by atoms with Crippen LogP contribution in [0.1, 0.15) is 69.6 Å². The van der Waals surface area contributed by atoms with Crippen LogP contribution in [0.4, 0.5) is 0 Å². The third-order valence-corrected chi connectivity index (χ3v) is 4.69. The van der Waals surface area contributed by atoms with E-state index in [1.807, 2.05) is 0 Å². The van der Waals surface area contributed by atoms with Crippen LogP contribution in [0.5, 0.6) is 0 Å². The molecule has 2 saturated heterocycles. The van der Waals surface area contributed by atoms with Gasteiger partial charge in [-0.3, -0.25) is 0 Å². The number of hydrogen-bond donors (Lipinski definition) is 1. The average molecular weight is 278 g/mol. The molecule has 1 aromatic rings. The monoisotopic (exact) mass is 278 g/mol. The van der Waals surface area contributed by atoms with Crippen LogP contribution in [0.25, 0.3) is 0 Å². The largest absolute Gasteiger partial charge is 0.338 e. The Bertz CT molecular complexity index is 417. The molecule has 1 N–H and O–H groups in total. The summed E-state index contributed by atoms with van der Waals surface area (Å²) in [4.78, 5) is 7.20. The summed E-state index contributed by atoms with van der Waals surface area (Å²) in [6.07, 6.45) is 5.92. The number of piperidine rings is 2. The minimum absolute atomic E-state index is 0.278. The lowest BCUT2D eigenvalue weighted by molar-refractivity contribution is 0.168. The quantitative estimate of drug-likeness (QED) is 0.920. The molecular weight excluding hydrogens is 252 g/mol. The van der Waals surface area contributed by atoms with Gasteiger partial charge in [0.2, 0.25) is 5.89 Å². The molecule has 3 rings (SSSR count). The van der Waals surface area contributed by atoms with Crippen molar-refractivity contribution < 1.29 is 4.52 Å². The summed E-state index contributed by atoms with van der Waals surface area (Å²) in [5.41, 5.74) is 0. The lowest BCUT2D eigenvalue weighted by atomic mass is 9.95. The summed E-state index contributed by atoms with van der Waals surface area (Å²) in [6.45, 7) is 7.89. The lowest BCUT2D eigenvalue weighted by Gasteiger charge is -2.33. The van der Waals surface area contributed by atoms with Crippen molar-refractivity contribution in [2.45, 2.75) is 64.0 Å². The molecule has 1 unspecified atom stereocenters. The first-order chi connectivity index (χ1) is 9.74. The highest BCUT2D eigenvalue weighted by atomic mass is 16.5. The van der Waals surface area contributed by atoms with Gasteiger partial charge < -0.3 is 14.7 Å². The molecule has 0 radical (unpaired) electrons. The van der Waals surface area contributed by atoms with Gasteiger partial charge in [-0.15, -0.1) is 0 Å². The van der Waals surface area contributed by atoms with Gasteiger partial charge in [-0.25, -0.2) is 0 Å². The summed E-state index contributed by atoms with van der Waals surface area (Å²) in [5.74, 6) is 2.20. The molecule has 2 fully saturated rings. The van der Waals surface area contributed by atoms with Crippen LogP contribution >= 0.6 is 0 Å². The standard InChI is InChI=1S/C15H26N4O/c1-11(2)19-9-6-12(7-10-19)14-17-15(20-18-14)13-5-3-4-8-16-13/h11-13,16H,3-10H2,1-2H3. The summed E-state index contributed by atoms with van der Waals surface area (Å²) in [5, 5.41) is 7.71. The Kier molecular flexibility index (Phi) is 4.36. The van der Waals surface area contributed by atoms with Crippen molar-refractivity contribution in [3.05, 3.63) is 11.7 Å². The van der Waals surface area contributed by atoms with E-state index in [0.29, 0.717) is 12.0 Å². The highest BCUT2D eigenvalue weighted by Crippen LogP contribution is 2.29. The number of nitrogens with zero attached hydrogens (tertiary/aromatic N) is 3. The fourth-order valence-corrected chi connectivity index (χ4v) is 3.29. The summed E-state index contributed by atoms with van der Waals surface area (Å²) >= 11 is 0. The predicted molar refractivity (Wildman–Crippen MR) is 77.6 cm³/mol. The van der Waals surface area contributed by atoms with Crippen LogP contribution in [-0.2, 0) is 0 Å². The van der Waals surface area contributed by atoms with E-state index in [9.17, 15) is 0 Å². The Morgan fingerprint density at radius 3 is 2.65 bits per heavy atom. The van der Waals surface area contributed by atoms with Crippen molar-refractivity contribution in [1.82, 2.24) is 20.4 Å². The minimum Gasteiger partial charge on any atom is -0.338 e. The Balaban J connectivity index is 1.60. The van der Waals surface area contributed by atoms with E-state index in [4.69, 9.17) is 4.52 Å². The molecule has 0 spiro atoms. The first-order valence-corrected chi connectivity index (χ1v) is 8.05. The van der Waals surface area contributed by atoms with E-state index in [1.165, 1.54) is 12.8 Å². The summed E-state index contributed by atoms with van der Waals surface area (Å²) in [7, 11) is 0. The zero-order valence-electron chi connectivity index (χ0n) is 12.6. The average Bonchev–Trinajstić information content (AvgIpc) is 2.98. The molecule has 5 heteroatoms. The first-order valence-electron chi connectivity index (χ1n) is 8.05. The Hall–Kier alpha value is -0.940. The van der Waals surface area contributed by atoms with Crippen LogP contribution in [0.15, 0.2) is 4.52 Å². The molecular formula is C15H26N4O. The molecule has 1 aromatic heterocycles. The third kappa shape index (κ3) is 3.04. The number of rotatable bonds is 3. The van der Waals surface area contributed by atoms with Crippen molar-refractivity contribution in [3.8, 4) is 0 Å². The maximum Gasteiger partial charge on any atom is 0.243 e. The molecule has 2 aliphatic heterocycles. The second-order valence-electron chi connectivity index (χ2n) is 6.40.